The van der Waals surface area contributed by atoms with Gasteiger partial charge >= 0.3 is 6.03 Å². The number of thiazole rings is 1. The maximum absolute atomic E-state index is 11.2. The number of hydrogen-bond donors (Lipinski definition) is 2. The number of nitrogens with zero attached hydrogens (tertiary/aromatic N) is 1. The van der Waals surface area contributed by atoms with Gasteiger partial charge < -0.3 is 20.1 Å². The van der Waals surface area contributed by atoms with Crippen molar-refractivity contribution in [2.24, 2.45) is 5.92 Å². The minimum atomic E-state index is -0.260. The van der Waals surface area contributed by atoms with Crippen LogP contribution in [-0.2, 0) is 0 Å². The molecule has 1 saturated carbocycles. The van der Waals surface area contributed by atoms with Gasteiger partial charge in [0.2, 0.25) is 0 Å². The van der Waals surface area contributed by atoms with Gasteiger partial charge in [-0.3, -0.25) is 0 Å². The molecular formula is C19H21N3O3S. The Morgan fingerprint density at radius 1 is 1.35 bits per heavy atom. The first-order valence-electron chi connectivity index (χ1n) is 8.48. The first-order valence-corrected chi connectivity index (χ1v) is 9.30. The lowest BCUT2D eigenvalue weighted by molar-refractivity contribution is 0.242. The number of carbonyl (C=O) groups is 1. The van der Waals surface area contributed by atoms with Crippen molar-refractivity contribution in [2.45, 2.75) is 25.8 Å². The SMILES string of the molecule is CNC(=O)NC(C)C#Cc1cnc(Oc2ccc(OCC3CC3)cc2)s1. The van der Waals surface area contributed by atoms with Crippen LogP contribution in [0.3, 0.4) is 0 Å². The maximum atomic E-state index is 11.2. The summed E-state index contributed by atoms with van der Waals surface area (Å²) in [7, 11) is 1.56. The van der Waals surface area contributed by atoms with E-state index >= 15 is 0 Å². The lowest BCUT2D eigenvalue weighted by Crippen LogP contribution is -2.38. The molecule has 136 valence electrons. The molecule has 1 fully saturated rings. The molecule has 1 aliphatic carbocycles. The lowest BCUT2D eigenvalue weighted by Gasteiger charge is -2.06. The summed E-state index contributed by atoms with van der Waals surface area (Å²) in [6, 6.07) is 7.01. The number of aromatic nitrogens is 1. The van der Waals surface area contributed by atoms with Crippen LogP contribution in [0, 0.1) is 17.8 Å². The summed E-state index contributed by atoms with van der Waals surface area (Å²) >= 11 is 1.35. The minimum Gasteiger partial charge on any atom is -0.493 e. The van der Waals surface area contributed by atoms with Gasteiger partial charge in [0.05, 0.1) is 18.8 Å². The van der Waals surface area contributed by atoms with Crippen LogP contribution in [-0.4, -0.2) is 30.7 Å². The van der Waals surface area contributed by atoms with Crippen LogP contribution < -0.4 is 20.1 Å². The van der Waals surface area contributed by atoms with Crippen LogP contribution in [0.4, 0.5) is 4.79 Å². The smallest absolute Gasteiger partial charge is 0.315 e. The zero-order valence-electron chi connectivity index (χ0n) is 14.7. The molecule has 1 aliphatic rings. The normalized spacial score (nSPS) is 13.9. The summed E-state index contributed by atoms with van der Waals surface area (Å²) in [5.74, 6) is 8.23. The summed E-state index contributed by atoms with van der Waals surface area (Å²) in [4.78, 5) is 16.2. The van der Waals surface area contributed by atoms with Gasteiger partial charge in [-0.05, 0) is 49.9 Å². The van der Waals surface area contributed by atoms with E-state index in [1.165, 1.54) is 24.2 Å². The monoisotopic (exact) mass is 371 g/mol. The van der Waals surface area contributed by atoms with E-state index in [0.717, 1.165) is 23.2 Å². The molecule has 1 unspecified atom stereocenters. The number of nitrogens with one attached hydrogen (secondary N) is 2. The van der Waals surface area contributed by atoms with Gasteiger partial charge in [-0.25, -0.2) is 9.78 Å². The second kappa shape index (κ2) is 8.59. The molecule has 1 aromatic heterocycles. The predicted molar refractivity (Wildman–Crippen MR) is 101 cm³/mol. The van der Waals surface area contributed by atoms with E-state index < -0.39 is 0 Å². The molecule has 2 N–H and O–H groups in total. The average molecular weight is 371 g/mol. The summed E-state index contributed by atoms with van der Waals surface area (Å²) in [5.41, 5.74) is 0. The van der Waals surface area contributed by atoms with Gasteiger partial charge in [-0.1, -0.05) is 23.2 Å². The number of ether oxygens (including phenoxy) is 2. The van der Waals surface area contributed by atoms with E-state index in [1.54, 1.807) is 13.2 Å². The Morgan fingerprint density at radius 3 is 2.77 bits per heavy atom. The molecular weight excluding hydrogens is 350 g/mol. The topological polar surface area (TPSA) is 72.5 Å². The van der Waals surface area contributed by atoms with E-state index in [-0.39, 0.29) is 12.1 Å². The van der Waals surface area contributed by atoms with Crippen LogP contribution in [0.2, 0.25) is 0 Å². The van der Waals surface area contributed by atoms with Gasteiger partial charge in [0.1, 0.15) is 16.4 Å². The van der Waals surface area contributed by atoms with Crippen molar-refractivity contribution in [3.05, 3.63) is 35.3 Å². The quantitative estimate of drug-likeness (QED) is 0.764. The third-order valence-electron chi connectivity index (χ3n) is 3.68. The molecule has 0 spiro atoms. The van der Waals surface area contributed by atoms with E-state index in [9.17, 15) is 4.79 Å². The second-order valence-electron chi connectivity index (χ2n) is 6.03. The first-order chi connectivity index (χ1) is 12.6. The van der Waals surface area contributed by atoms with Crippen molar-refractivity contribution in [3.8, 4) is 28.5 Å². The maximum Gasteiger partial charge on any atom is 0.315 e. The van der Waals surface area contributed by atoms with Crippen LogP contribution in [0.5, 0.6) is 16.7 Å². The highest BCUT2D eigenvalue weighted by Crippen LogP contribution is 2.31. The molecule has 6 nitrogen and oxygen atoms in total. The fourth-order valence-electron chi connectivity index (χ4n) is 2.05. The van der Waals surface area contributed by atoms with Crippen LogP contribution in [0.1, 0.15) is 24.6 Å². The number of amides is 2. The molecule has 1 heterocycles. The van der Waals surface area contributed by atoms with Crippen molar-refractivity contribution in [3.63, 3.8) is 0 Å². The zero-order valence-corrected chi connectivity index (χ0v) is 15.6. The minimum absolute atomic E-state index is 0.260. The molecule has 2 aromatic rings. The largest absolute Gasteiger partial charge is 0.493 e. The van der Waals surface area contributed by atoms with Gasteiger partial charge in [0.25, 0.3) is 5.19 Å². The first kappa shape index (κ1) is 18.1. The van der Waals surface area contributed by atoms with E-state index in [1.807, 2.05) is 31.2 Å². The molecule has 0 radical (unpaired) electrons. The number of benzene rings is 1. The zero-order chi connectivity index (χ0) is 18.4. The molecule has 26 heavy (non-hydrogen) atoms. The van der Waals surface area contributed by atoms with Gasteiger partial charge in [0.15, 0.2) is 0 Å². The molecule has 0 aliphatic heterocycles. The Balaban J connectivity index is 1.52. The Kier molecular flexibility index (Phi) is 5.97. The van der Waals surface area contributed by atoms with Crippen molar-refractivity contribution >= 4 is 17.4 Å². The van der Waals surface area contributed by atoms with Crippen LogP contribution >= 0.6 is 11.3 Å². The third-order valence-corrected chi connectivity index (χ3v) is 4.47. The summed E-state index contributed by atoms with van der Waals surface area (Å²) in [5, 5.41) is 5.70. The highest BCUT2D eigenvalue weighted by Gasteiger charge is 2.21. The van der Waals surface area contributed by atoms with Gasteiger partial charge in [-0.2, -0.15) is 0 Å². The van der Waals surface area contributed by atoms with Crippen molar-refractivity contribution in [1.29, 1.82) is 0 Å². The summed E-state index contributed by atoms with van der Waals surface area (Å²) in [6.07, 6.45) is 4.21. The number of hydrogen-bond acceptors (Lipinski definition) is 5. The van der Waals surface area contributed by atoms with Crippen LogP contribution in [0.25, 0.3) is 0 Å². The molecule has 1 atom stereocenters. The fraction of sp³-hybridized carbons (Fsp3) is 0.368. The fourth-order valence-corrected chi connectivity index (χ4v) is 2.70. The van der Waals surface area contributed by atoms with E-state index in [2.05, 4.69) is 27.5 Å². The predicted octanol–water partition coefficient (Wildman–Crippen LogP) is 3.39. The molecule has 0 bridgehead atoms. The molecule has 2 amide bonds. The Hall–Kier alpha value is -2.72. The van der Waals surface area contributed by atoms with Crippen LogP contribution in [0.15, 0.2) is 30.5 Å². The Morgan fingerprint density at radius 2 is 2.08 bits per heavy atom. The molecule has 0 saturated heterocycles. The van der Waals surface area contributed by atoms with Gasteiger partial charge in [-0.15, -0.1) is 0 Å². The van der Waals surface area contributed by atoms with E-state index in [4.69, 9.17) is 9.47 Å². The second-order valence-corrected chi connectivity index (χ2v) is 7.03. The van der Waals surface area contributed by atoms with Crippen molar-refractivity contribution in [2.75, 3.05) is 13.7 Å². The Labute approximate surface area is 156 Å². The number of urea groups is 1. The van der Waals surface area contributed by atoms with E-state index in [0.29, 0.717) is 10.9 Å². The highest BCUT2D eigenvalue weighted by atomic mass is 32.1. The molecule has 1 aromatic carbocycles. The van der Waals surface area contributed by atoms with Crippen molar-refractivity contribution in [1.82, 2.24) is 15.6 Å². The third kappa shape index (κ3) is 5.67. The number of carbonyl (C=O) groups excluding carboxylic acids is 1. The number of rotatable bonds is 6. The Bertz CT molecular complexity index is 803. The van der Waals surface area contributed by atoms with Gasteiger partial charge in [0, 0.05) is 7.05 Å². The highest BCUT2D eigenvalue weighted by molar-refractivity contribution is 7.13. The molecule has 3 rings (SSSR count). The lowest BCUT2D eigenvalue weighted by atomic mass is 10.3. The average Bonchev–Trinajstić information content (AvgIpc) is 3.37. The standard InChI is InChI=1S/C19H21N3O3S/c1-13(22-18(23)20-2)3-10-17-11-21-19(26-17)25-16-8-6-15(7-9-16)24-12-14-4-5-14/h6-9,11,13-14H,4-5,12H2,1-2H3,(H2,20,22,23). The molecule has 7 heteroatoms. The summed E-state index contributed by atoms with van der Waals surface area (Å²) < 4.78 is 11.5. The van der Waals surface area contributed by atoms with Crippen molar-refractivity contribution < 1.29 is 14.3 Å². The summed E-state index contributed by atoms with van der Waals surface area (Å²) in [6.45, 7) is 2.61.